The number of nitrogens with one attached hydrogen (secondary N) is 2. The van der Waals surface area contributed by atoms with E-state index in [-0.39, 0.29) is 5.75 Å². The normalized spacial score (nSPS) is 13.8. The molecule has 0 saturated heterocycles. The molecular weight excluding hydrogens is 250 g/mol. The van der Waals surface area contributed by atoms with Crippen LogP contribution in [0.1, 0.15) is 34.6 Å². The van der Waals surface area contributed by atoms with Gasteiger partial charge < -0.3 is 10.6 Å². The van der Waals surface area contributed by atoms with E-state index >= 15 is 0 Å². The van der Waals surface area contributed by atoms with Crippen molar-refractivity contribution in [1.82, 2.24) is 10.6 Å². The van der Waals surface area contributed by atoms with Gasteiger partial charge in [0, 0.05) is 20.1 Å². The number of rotatable bonds is 5. The van der Waals surface area contributed by atoms with Crippen LogP contribution in [0.15, 0.2) is 4.99 Å². The zero-order valence-corrected chi connectivity index (χ0v) is 13.2. The fourth-order valence-corrected chi connectivity index (χ4v) is 2.11. The second-order valence-corrected chi connectivity index (χ2v) is 8.57. The maximum absolute atomic E-state index is 11.9. The number of hydrogen-bond donors (Lipinski definition) is 2. The number of nitrogens with zero attached hydrogens (tertiary/aromatic N) is 1. The molecule has 0 aliphatic carbocycles. The van der Waals surface area contributed by atoms with Crippen LogP contribution in [0.2, 0.25) is 0 Å². The molecular formula is C12H27N3O2S. The lowest BCUT2D eigenvalue weighted by atomic mass is 10.2. The fraction of sp³-hybridized carbons (Fsp3) is 0.917. The minimum Gasteiger partial charge on any atom is -0.356 e. The molecule has 108 valence electrons. The van der Waals surface area contributed by atoms with Crippen LogP contribution >= 0.6 is 0 Å². The highest BCUT2D eigenvalue weighted by atomic mass is 32.2. The van der Waals surface area contributed by atoms with Gasteiger partial charge in [-0.15, -0.1) is 0 Å². The molecule has 18 heavy (non-hydrogen) atoms. The van der Waals surface area contributed by atoms with Crippen LogP contribution in [0.5, 0.6) is 0 Å². The van der Waals surface area contributed by atoms with E-state index in [4.69, 9.17) is 0 Å². The molecule has 0 amide bonds. The van der Waals surface area contributed by atoms with E-state index in [1.807, 2.05) is 0 Å². The number of sulfone groups is 1. The lowest BCUT2D eigenvalue weighted by Crippen LogP contribution is -2.42. The zero-order chi connectivity index (χ0) is 14.4. The van der Waals surface area contributed by atoms with Crippen LogP contribution in [0.4, 0.5) is 0 Å². The van der Waals surface area contributed by atoms with Gasteiger partial charge in [0.25, 0.3) is 0 Å². The first-order valence-corrected chi connectivity index (χ1v) is 7.92. The predicted molar refractivity (Wildman–Crippen MR) is 77.7 cm³/mol. The largest absolute Gasteiger partial charge is 0.356 e. The Hall–Kier alpha value is -0.780. The summed E-state index contributed by atoms with van der Waals surface area (Å²) in [6.45, 7) is 10.5. The molecule has 0 aliphatic rings. The van der Waals surface area contributed by atoms with Crippen LogP contribution in [0.3, 0.4) is 0 Å². The Bertz CT molecular complexity index is 367. The van der Waals surface area contributed by atoms with Crippen LogP contribution in [-0.4, -0.2) is 45.0 Å². The molecule has 0 rings (SSSR count). The third-order valence-electron chi connectivity index (χ3n) is 2.50. The smallest absolute Gasteiger partial charge is 0.191 e. The molecule has 0 radical (unpaired) electrons. The van der Waals surface area contributed by atoms with E-state index in [9.17, 15) is 8.42 Å². The van der Waals surface area contributed by atoms with Crippen molar-refractivity contribution in [1.29, 1.82) is 0 Å². The Morgan fingerprint density at radius 3 is 2.17 bits per heavy atom. The molecule has 0 atom stereocenters. The fourth-order valence-electron chi connectivity index (χ4n) is 1.13. The predicted octanol–water partition coefficient (Wildman–Crippen LogP) is 1.02. The summed E-state index contributed by atoms with van der Waals surface area (Å²) in [7, 11) is -1.40. The van der Waals surface area contributed by atoms with E-state index in [1.165, 1.54) is 0 Å². The van der Waals surface area contributed by atoms with E-state index < -0.39 is 14.6 Å². The topological polar surface area (TPSA) is 70.6 Å². The first-order valence-electron chi connectivity index (χ1n) is 6.27. The third-order valence-corrected chi connectivity index (χ3v) is 5.11. The van der Waals surface area contributed by atoms with E-state index in [0.717, 1.165) is 6.54 Å². The molecule has 0 aliphatic heterocycles. The third kappa shape index (κ3) is 6.23. The zero-order valence-electron chi connectivity index (χ0n) is 12.4. The summed E-state index contributed by atoms with van der Waals surface area (Å²) in [5.41, 5.74) is 0. The van der Waals surface area contributed by atoms with Gasteiger partial charge in [-0.05, 0) is 26.7 Å². The lowest BCUT2D eigenvalue weighted by molar-refractivity contribution is 0.558. The van der Waals surface area contributed by atoms with Crippen LogP contribution in [-0.2, 0) is 9.84 Å². The molecule has 5 nitrogen and oxygen atoms in total. The number of aliphatic imine (C=N–C) groups is 1. The highest BCUT2D eigenvalue weighted by Gasteiger charge is 2.28. The quantitative estimate of drug-likeness (QED) is 0.581. The van der Waals surface area contributed by atoms with E-state index in [1.54, 1.807) is 27.8 Å². The van der Waals surface area contributed by atoms with Gasteiger partial charge in [0.2, 0.25) is 0 Å². The minimum absolute atomic E-state index is 0.110. The van der Waals surface area contributed by atoms with Gasteiger partial charge >= 0.3 is 0 Å². The molecule has 6 heteroatoms. The van der Waals surface area contributed by atoms with Gasteiger partial charge in [0.05, 0.1) is 10.5 Å². The van der Waals surface area contributed by atoms with Crippen molar-refractivity contribution in [3.8, 4) is 0 Å². The number of hydrogen-bond acceptors (Lipinski definition) is 3. The van der Waals surface area contributed by atoms with Gasteiger partial charge in [-0.1, -0.05) is 13.8 Å². The average Bonchev–Trinajstić information content (AvgIpc) is 2.20. The summed E-state index contributed by atoms with van der Waals surface area (Å²) in [4.78, 5) is 4.04. The molecule has 0 spiro atoms. The standard InChI is InChI=1S/C12H27N3O2S/c1-10(2)9-15-11(13-6)14-7-8-18(16,17)12(3,4)5/h10H,7-9H2,1-6H3,(H2,13,14,15). The maximum atomic E-state index is 11.9. The summed E-state index contributed by atoms with van der Waals surface area (Å²) in [5.74, 6) is 1.27. The van der Waals surface area contributed by atoms with Crippen molar-refractivity contribution in [2.75, 3.05) is 25.9 Å². The lowest BCUT2D eigenvalue weighted by Gasteiger charge is -2.20. The minimum atomic E-state index is -3.08. The molecule has 0 unspecified atom stereocenters. The van der Waals surface area contributed by atoms with Gasteiger partial charge in [-0.3, -0.25) is 4.99 Å². The van der Waals surface area contributed by atoms with Crippen molar-refractivity contribution in [3.05, 3.63) is 0 Å². The summed E-state index contributed by atoms with van der Waals surface area (Å²) >= 11 is 0. The van der Waals surface area contributed by atoms with Gasteiger partial charge in [0.15, 0.2) is 15.8 Å². The summed E-state index contributed by atoms with van der Waals surface area (Å²) in [6, 6.07) is 0. The van der Waals surface area contributed by atoms with Crippen molar-refractivity contribution in [2.24, 2.45) is 10.9 Å². The van der Waals surface area contributed by atoms with Crippen LogP contribution in [0.25, 0.3) is 0 Å². The monoisotopic (exact) mass is 277 g/mol. The van der Waals surface area contributed by atoms with E-state index in [2.05, 4.69) is 29.5 Å². The van der Waals surface area contributed by atoms with Gasteiger partial charge in [-0.2, -0.15) is 0 Å². The molecule has 0 aromatic carbocycles. The Balaban J connectivity index is 4.18. The van der Waals surface area contributed by atoms with Gasteiger partial charge in [0.1, 0.15) is 0 Å². The Morgan fingerprint density at radius 1 is 1.22 bits per heavy atom. The first-order chi connectivity index (χ1) is 8.10. The first kappa shape index (κ1) is 17.2. The maximum Gasteiger partial charge on any atom is 0.191 e. The average molecular weight is 277 g/mol. The highest BCUT2D eigenvalue weighted by Crippen LogP contribution is 2.15. The SMILES string of the molecule is CN=C(NCCS(=O)(=O)C(C)(C)C)NCC(C)C. The van der Waals surface area contributed by atoms with Crippen molar-refractivity contribution >= 4 is 15.8 Å². The van der Waals surface area contributed by atoms with Crippen LogP contribution < -0.4 is 10.6 Å². The number of guanidine groups is 1. The van der Waals surface area contributed by atoms with Crippen molar-refractivity contribution < 1.29 is 8.42 Å². The highest BCUT2D eigenvalue weighted by molar-refractivity contribution is 7.92. The molecule has 0 saturated carbocycles. The molecule has 0 bridgehead atoms. The second-order valence-electron chi connectivity index (χ2n) is 5.70. The Morgan fingerprint density at radius 2 is 1.78 bits per heavy atom. The van der Waals surface area contributed by atoms with E-state index in [0.29, 0.717) is 18.4 Å². The summed E-state index contributed by atoms with van der Waals surface area (Å²) in [5, 5.41) is 6.15. The Labute approximate surface area is 111 Å². The molecule has 0 fully saturated rings. The molecule has 0 aromatic rings. The van der Waals surface area contributed by atoms with Crippen molar-refractivity contribution in [2.45, 2.75) is 39.4 Å². The molecule has 2 N–H and O–H groups in total. The van der Waals surface area contributed by atoms with Crippen molar-refractivity contribution in [3.63, 3.8) is 0 Å². The molecule has 0 aromatic heterocycles. The van der Waals surface area contributed by atoms with Crippen LogP contribution in [0, 0.1) is 5.92 Å². The summed E-state index contributed by atoms with van der Waals surface area (Å²) < 4.78 is 23.1. The van der Waals surface area contributed by atoms with Gasteiger partial charge in [-0.25, -0.2) is 8.42 Å². The second kappa shape index (κ2) is 6.97. The summed E-state index contributed by atoms with van der Waals surface area (Å²) in [6.07, 6.45) is 0. The molecule has 0 heterocycles. The Kier molecular flexibility index (Phi) is 6.67.